The van der Waals surface area contributed by atoms with Crippen LogP contribution in [0.5, 0.6) is 0 Å². The zero-order valence-electron chi connectivity index (χ0n) is 12.9. The lowest BCUT2D eigenvalue weighted by Gasteiger charge is -2.36. The average molecular weight is 284 g/mol. The fraction of sp³-hybridized carbons (Fsp3) is 0.867. The molecule has 0 saturated carbocycles. The van der Waals surface area contributed by atoms with E-state index in [0.29, 0.717) is 25.3 Å². The number of nitrogens with two attached hydrogens (primary N) is 1. The van der Waals surface area contributed by atoms with Crippen molar-refractivity contribution in [3.8, 4) is 0 Å². The van der Waals surface area contributed by atoms with Crippen molar-refractivity contribution in [2.24, 2.45) is 17.6 Å². The first-order valence-electron chi connectivity index (χ1n) is 7.47. The molecular weight excluding hydrogens is 256 g/mol. The number of aliphatic carboxylic acids is 1. The SMILES string of the molecule is CC(CC(=O)O)C1CCCN(C(=O)CCC(C)(C)N)C1. The summed E-state index contributed by atoms with van der Waals surface area (Å²) >= 11 is 0. The first-order chi connectivity index (χ1) is 9.19. The molecule has 2 atom stereocenters. The Morgan fingerprint density at radius 3 is 2.65 bits per heavy atom. The van der Waals surface area contributed by atoms with Crippen molar-refractivity contribution >= 4 is 11.9 Å². The Bertz CT molecular complexity index is 350. The van der Waals surface area contributed by atoms with Crippen LogP contribution >= 0.6 is 0 Å². The summed E-state index contributed by atoms with van der Waals surface area (Å²) in [7, 11) is 0. The van der Waals surface area contributed by atoms with Gasteiger partial charge in [-0.25, -0.2) is 0 Å². The summed E-state index contributed by atoms with van der Waals surface area (Å²) in [5.41, 5.74) is 5.59. The molecule has 1 fully saturated rings. The molecule has 5 heteroatoms. The fourth-order valence-corrected chi connectivity index (χ4v) is 2.73. The van der Waals surface area contributed by atoms with Gasteiger partial charge >= 0.3 is 5.97 Å². The van der Waals surface area contributed by atoms with Crippen molar-refractivity contribution in [2.45, 2.75) is 58.4 Å². The molecule has 0 bridgehead atoms. The molecule has 0 spiro atoms. The van der Waals surface area contributed by atoms with Gasteiger partial charge in [-0.15, -0.1) is 0 Å². The summed E-state index contributed by atoms with van der Waals surface area (Å²) in [4.78, 5) is 24.9. The number of likely N-dealkylation sites (tertiary alicyclic amines) is 1. The van der Waals surface area contributed by atoms with E-state index in [1.54, 1.807) is 0 Å². The molecule has 1 amide bonds. The molecule has 0 aliphatic carbocycles. The number of rotatable bonds is 6. The molecule has 0 aromatic heterocycles. The number of piperidine rings is 1. The molecule has 116 valence electrons. The largest absolute Gasteiger partial charge is 0.481 e. The highest BCUT2D eigenvalue weighted by Crippen LogP contribution is 2.26. The van der Waals surface area contributed by atoms with E-state index in [1.807, 2.05) is 25.7 Å². The Morgan fingerprint density at radius 1 is 1.45 bits per heavy atom. The maximum absolute atomic E-state index is 12.2. The first-order valence-corrected chi connectivity index (χ1v) is 7.47. The number of amides is 1. The molecule has 0 radical (unpaired) electrons. The Morgan fingerprint density at radius 2 is 2.10 bits per heavy atom. The summed E-state index contributed by atoms with van der Waals surface area (Å²) in [6.45, 7) is 7.30. The number of nitrogens with zero attached hydrogens (tertiary/aromatic N) is 1. The molecule has 1 saturated heterocycles. The van der Waals surface area contributed by atoms with Crippen molar-refractivity contribution in [3.63, 3.8) is 0 Å². The smallest absolute Gasteiger partial charge is 0.303 e. The van der Waals surface area contributed by atoms with Crippen LogP contribution in [0.25, 0.3) is 0 Å². The van der Waals surface area contributed by atoms with Gasteiger partial charge < -0.3 is 15.7 Å². The van der Waals surface area contributed by atoms with E-state index in [2.05, 4.69) is 0 Å². The topological polar surface area (TPSA) is 83.6 Å². The second kappa shape index (κ2) is 7.07. The minimum atomic E-state index is -0.758. The van der Waals surface area contributed by atoms with Gasteiger partial charge in [0.25, 0.3) is 0 Å². The lowest BCUT2D eigenvalue weighted by molar-refractivity contribution is -0.138. The van der Waals surface area contributed by atoms with E-state index < -0.39 is 5.97 Å². The first kappa shape index (κ1) is 17.0. The standard InChI is InChI=1S/C15H28N2O3/c1-11(9-14(19)20)12-5-4-8-17(10-12)13(18)6-7-15(2,3)16/h11-12H,4-10,16H2,1-3H3,(H,19,20). The molecule has 1 aliphatic rings. The van der Waals surface area contributed by atoms with E-state index in [9.17, 15) is 9.59 Å². The normalized spacial score (nSPS) is 21.6. The Kier molecular flexibility index (Phi) is 5.99. The van der Waals surface area contributed by atoms with Crippen molar-refractivity contribution in [3.05, 3.63) is 0 Å². The molecular formula is C15H28N2O3. The highest BCUT2D eigenvalue weighted by molar-refractivity contribution is 5.76. The van der Waals surface area contributed by atoms with Crippen molar-refractivity contribution in [2.75, 3.05) is 13.1 Å². The van der Waals surface area contributed by atoms with Crippen LogP contribution in [0.15, 0.2) is 0 Å². The number of hydrogen-bond acceptors (Lipinski definition) is 3. The van der Waals surface area contributed by atoms with Gasteiger partial charge in [-0.05, 0) is 44.9 Å². The molecule has 5 nitrogen and oxygen atoms in total. The summed E-state index contributed by atoms with van der Waals surface area (Å²) in [5, 5.41) is 8.87. The minimum absolute atomic E-state index is 0.119. The Labute approximate surface area is 121 Å². The molecule has 0 aromatic rings. The molecule has 2 unspecified atom stereocenters. The quantitative estimate of drug-likeness (QED) is 0.779. The number of carbonyl (C=O) groups excluding carboxylic acids is 1. The van der Waals surface area contributed by atoms with Crippen molar-refractivity contribution < 1.29 is 14.7 Å². The summed E-state index contributed by atoms with van der Waals surface area (Å²) < 4.78 is 0. The second-order valence-electron chi connectivity index (χ2n) is 6.81. The lowest BCUT2D eigenvalue weighted by Crippen LogP contribution is -2.43. The van der Waals surface area contributed by atoms with Gasteiger partial charge in [0, 0.05) is 31.5 Å². The van der Waals surface area contributed by atoms with E-state index >= 15 is 0 Å². The van der Waals surface area contributed by atoms with Crippen LogP contribution in [0, 0.1) is 11.8 Å². The molecule has 0 aromatic carbocycles. The predicted octanol–water partition coefficient (Wildman–Crippen LogP) is 1.85. The summed E-state index contributed by atoms with van der Waals surface area (Å²) in [6.07, 6.45) is 3.32. The van der Waals surface area contributed by atoms with Crippen molar-refractivity contribution in [1.29, 1.82) is 0 Å². The van der Waals surface area contributed by atoms with E-state index in [4.69, 9.17) is 10.8 Å². The van der Waals surface area contributed by atoms with E-state index in [1.165, 1.54) is 0 Å². The zero-order valence-corrected chi connectivity index (χ0v) is 12.9. The zero-order chi connectivity index (χ0) is 15.3. The summed E-state index contributed by atoms with van der Waals surface area (Å²) in [6, 6.07) is 0. The van der Waals surface area contributed by atoms with Gasteiger partial charge in [-0.1, -0.05) is 6.92 Å². The van der Waals surface area contributed by atoms with Crippen LogP contribution < -0.4 is 5.73 Å². The predicted molar refractivity (Wildman–Crippen MR) is 78.2 cm³/mol. The second-order valence-corrected chi connectivity index (χ2v) is 6.81. The summed E-state index contributed by atoms with van der Waals surface area (Å²) in [5.74, 6) is -0.190. The Balaban J connectivity index is 2.47. The van der Waals surface area contributed by atoms with E-state index in [0.717, 1.165) is 19.4 Å². The number of carbonyl (C=O) groups is 2. The van der Waals surface area contributed by atoms with Gasteiger partial charge in [0.15, 0.2) is 0 Å². The fourth-order valence-electron chi connectivity index (χ4n) is 2.73. The molecule has 20 heavy (non-hydrogen) atoms. The molecule has 1 rings (SSSR count). The van der Waals surface area contributed by atoms with Crippen molar-refractivity contribution in [1.82, 2.24) is 4.90 Å². The van der Waals surface area contributed by atoms with Crippen LogP contribution in [0.4, 0.5) is 0 Å². The molecule has 1 heterocycles. The van der Waals surface area contributed by atoms with Gasteiger partial charge in [0.2, 0.25) is 5.91 Å². The van der Waals surface area contributed by atoms with Gasteiger partial charge in [0.05, 0.1) is 0 Å². The van der Waals surface area contributed by atoms with Crippen LogP contribution in [0.1, 0.15) is 52.9 Å². The maximum Gasteiger partial charge on any atom is 0.303 e. The molecule has 1 aliphatic heterocycles. The third-order valence-corrected chi connectivity index (χ3v) is 4.10. The number of carboxylic acid groups (broad SMARTS) is 1. The Hall–Kier alpha value is -1.10. The highest BCUT2D eigenvalue weighted by Gasteiger charge is 2.28. The van der Waals surface area contributed by atoms with Crippen LogP contribution in [-0.4, -0.2) is 40.5 Å². The average Bonchev–Trinajstić information content (AvgIpc) is 2.34. The van der Waals surface area contributed by atoms with Crippen LogP contribution in [0.3, 0.4) is 0 Å². The van der Waals surface area contributed by atoms with Gasteiger partial charge in [-0.3, -0.25) is 9.59 Å². The third kappa shape index (κ3) is 5.90. The number of carboxylic acids is 1. The third-order valence-electron chi connectivity index (χ3n) is 4.10. The lowest BCUT2D eigenvalue weighted by atomic mass is 9.84. The van der Waals surface area contributed by atoms with Gasteiger partial charge in [-0.2, -0.15) is 0 Å². The maximum atomic E-state index is 12.2. The highest BCUT2D eigenvalue weighted by atomic mass is 16.4. The minimum Gasteiger partial charge on any atom is -0.481 e. The number of hydrogen-bond donors (Lipinski definition) is 2. The van der Waals surface area contributed by atoms with Crippen LogP contribution in [-0.2, 0) is 9.59 Å². The van der Waals surface area contributed by atoms with Crippen LogP contribution in [0.2, 0.25) is 0 Å². The van der Waals surface area contributed by atoms with E-state index in [-0.39, 0.29) is 23.8 Å². The molecule has 3 N–H and O–H groups in total. The van der Waals surface area contributed by atoms with Gasteiger partial charge in [0.1, 0.15) is 0 Å². The monoisotopic (exact) mass is 284 g/mol.